The minimum absolute atomic E-state index is 0.186. The van der Waals surface area contributed by atoms with Gasteiger partial charge in [0.15, 0.2) is 8.32 Å². The highest BCUT2D eigenvalue weighted by atomic mass is 28.4. The van der Waals surface area contributed by atoms with Crippen molar-refractivity contribution in [2.75, 3.05) is 0 Å². The van der Waals surface area contributed by atoms with Crippen molar-refractivity contribution in [1.29, 1.82) is 0 Å². The van der Waals surface area contributed by atoms with E-state index in [2.05, 4.69) is 20.8 Å². The van der Waals surface area contributed by atoms with Gasteiger partial charge in [0.25, 0.3) is 0 Å². The van der Waals surface area contributed by atoms with Gasteiger partial charge in [0.2, 0.25) is 0 Å². The van der Waals surface area contributed by atoms with Gasteiger partial charge in [-0.25, -0.2) is 4.39 Å². The maximum Gasteiger partial charge on any atom is 0.192 e. The lowest BCUT2D eigenvalue weighted by atomic mass is 10.2. The average molecular weight is 240 g/mol. The van der Waals surface area contributed by atoms with Crippen LogP contribution in [0.5, 0.6) is 0 Å². The Labute approximate surface area is 98.8 Å². The summed E-state index contributed by atoms with van der Waals surface area (Å²) < 4.78 is 18.8. The Morgan fingerprint density at radius 1 is 1.00 bits per heavy atom. The molecule has 0 N–H and O–H groups in total. The molecule has 1 aromatic carbocycles. The van der Waals surface area contributed by atoms with Crippen molar-refractivity contribution in [2.24, 2.45) is 0 Å². The Bertz CT molecular complexity index is 298. The van der Waals surface area contributed by atoms with Crippen molar-refractivity contribution in [3.05, 3.63) is 35.6 Å². The van der Waals surface area contributed by atoms with E-state index in [9.17, 15) is 4.39 Å². The average Bonchev–Trinajstić information content (AvgIpc) is 2.34. The van der Waals surface area contributed by atoms with E-state index in [-0.39, 0.29) is 5.82 Å². The van der Waals surface area contributed by atoms with E-state index in [1.165, 1.54) is 12.1 Å². The molecule has 0 spiro atoms. The predicted molar refractivity (Wildman–Crippen MR) is 68.4 cm³/mol. The van der Waals surface area contributed by atoms with Gasteiger partial charge in [-0.2, -0.15) is 0 Å². The quantitative estimate of drug-likeness (QED) is 0.672. The van der Waals surface area contributed by atoms with Crippen LogP contribution >= 0.6 is 0 Å². The molecular weight excluding hydrogens is 219 g/mol. The maximum absolute atomic E-state index is 12.7. The molecule has 0 aliphatic carbocycles. The van der Waals surface area contributed by atoms with Gasteiger partial charge in [-0.1, -0.05) is 32.9 Å². The van der Waals surface area contributed by atoms with Crippen LogP contribution in [0, 0.1) is 5.82 Å². The van der Waals surface area contributed by atoms with Crippen molar-refractivity contribution < 1.29 is 8.82 Å². The van der Waals surface area contributed by atoms with E-state index in [1.54, 1.807) is 12.1 Å². The third kappa shape index (κ3) is 3.42. The second kappa shape index (κ2) is 6.16. The highest BCUT2D eigenvalue weighted by Gasteiger charge is 2.28. The second-order valence-electron chi connectivity index (χ2n) is 4.16. The largest absolute Gasteiger partial charge is 0.413 e. The van der Waals surface area contributed by atoms with Gasteiger partial charge in [0, 0.05) is 0 Å². The fourth-order valence-corrected chi connectivity index (χ4v) is 4.46. The third-order valence-electron chi connectivity index (χ3n) is 3.39. The van der Waals surface area contributed by atoms with Crippen LogP contribution in [0.2, 0.25) is 18.1 Å². The summed E-state index contributed by atoms with van der Waals surface area (Å²) in [5, 5.41) is 0. The highest BCUT2D eigenvalue weighted by Crippen LogP contribution is 2.23. The lowest BCUT2D eigenvalue weighted by Gasteiger charge is -2.28. The van der Waals surface area contributed by atoms with Gasteiger partial charge in [0.1, 0.15) is 5.82 Å². The molecular formula is C13H21FOSi. The Kier molecular flexibility index (Phi) is 5.15. The zero-order valence-corrected chi connectivity index (χ0v) is 11.4. The molecule has 1 nitrogen and oxygen atoms in total. The Hall–Kier alpha value is -0.673. The predicted octanol–water partition coefficient (Wildman–Crippen LogP) is 4.35. The van der Waals surface area contributed by atoms with Crippen molar-refractivity contribution >= 4 is 8.32 Å². The fraction of sp³-hybridized carbons (Fsp3) is 0.538. The molecule has 90 valence electrons. The molecule has 0 unspecified atom stereocenters. The van der Waals surface area contributed by atoms with Gasteiger partial charge in [-0.05, 0) is 35.8 Å². The molecule has 0 saturated carbocycles. The topological polar surface area (TPSA) is 9.23 Å². The monoisotopic (exact) mass is 240 g/mol. The molecule has 1 rings (SSSR count). The summed E-state index contributed by atoms with van der Waals surface area (Å²) in [5.74, 6) is -0.186. The summed E-state index contributed by atoms with van der Waals surface area (Å²) in [6.07, 6.45) is 0. The van der Waals surface area contributed by atoms with Gasteiger partial charge in [-0.3, -0.25) is 0 Å². The van der Waals surface area contributed by atoms with E-state index < -0.39 is 8.32 Å². The van der Waals surface area contributed by atoms with E-state index in [4.69, 9.17) is 4.43 Å². The Balaban J connectivity index is 2.58. The zero-order valence-electron chi connectivity index (χ0n) is 10.4. The number of halogens is 1. The summed E-state index contributed by atoms with van der Waals surface area (Å²) in [6.45, 7) is 7.26. The number of hydrogen-bond donors (Lipinski definition) is 0. The first-order valence-corrected chi connectivity index (χ1v) is 8.57. The number of rotatable bonds is 6. The molecule has 0 amide bonds. The standard InChI is InChI=1S/C13H21FOSi/c1-4-16(5-2,6-3)15-11-12-7-9-13(14)10-8-12/h7-10H,4-6,11H2,1-3H3. The molecule has 0 atom stereocenters. The SMILES string of the molecule is CC[Si](CC)(CC)OCc1ccc(F)cc1. The summed E-state index contributed by atoms with van der Waals surface area (Å²) in [7, 11) is -1.51. The van der Waals surface area contributed by atoms with Crippen LogP contribution < -0.4 is 0 Å². The minimum atomic E-state index is -1.51. The summed E-state index contributed by atoms with van der Waals surface area (Å²) in [5.41, 5.74) is 1.06. The van der Waals surface area contributed by atoms with E-state index in [0.29, 0.717) is 6.61 Å². The maximum atomic E-state index is 12.7. The first-order valence-electron chi connectivity index (χ1n) is 6.04. The molecule has 0 fully saturated rings. The Morgan fingerprint density at radius 2 is 1.50 bits per heavy atom. The van der Waals surface area contributed by atoms with Crippen molar-refractivity contribution in [3.8, 4) is 0 Å². The molecule has 0 bridgehead atoms. The van der Waals surface area contributed by atoms with E-state index >= 15 is 0 Å². The normalized spacial score (nSPS) is 11.8. The third-order valence-corrected chi connectivity index (χ3v) is 8.01. The summed E-state index contributed by atoms with van der Waals surface area (Å²) in [4.78, 5) is 0. The molecule has 0 aliphatic heterocycles. The van der Waals surface area contributed by atoms with Crippen LogP contribution in [-0.2, 0) is 11.0 Å². The highest BCUT2D eigenvalue weighted by molar-refractivity contribution is 6.73. The van der Waals surface area contributed by atoms with Crippen LogP contribution in [0.3, 0.4) is 0 Å². The lowest BCUT2D eigenvalue weighted by Crippen LogP contribution is -2.35. The van der Waals surface area contributed by atoms with Crippen molar-refractivity contribution in [3.63, 3.8) is 0 Å². The van der Waals surface area contributed by atoms with Crippen LogP contribution in [0.1, 0.15) is 26.3 Å². The van der Waals surface area contributed by atoms with Crippen molar-refractivity contribution in [2.45, 2.75) is 45.5 Å². The molecule has 0 heterocycles. The molecule has 0 saturated heterocycles. The summed E-state index contributed by atoms with van der Waals surface area (Å²) >= 11 is 0. The molecule has 0 radical (unpaired) electrons. The number of benzene rings is 1. The van der Waals surface area contributed by atoms with Crippen LogP contribution in [0.25, 0.3) is 0 Å². The summed E-state index contributed by atoms with van der Waals surface area (Å²) in [6, 6.07) is 10.0. The fourth-order valence-electron chi connectivity index (χ4n) is 1.87. The first-order chi connectivity index (χ1) is 7.65. The van der Waals surface area contributed by atoms with Gasteiger partial charge in [0.05, 0.1) is 6.61 Å². The van der Waals surface area contributed by atoms with Crippen LogP contribution in [-0.4, -0.2) is 8.32 Å². The number of hydrogen-bond acceptors (Lipinski definition) is 1. The van der Waals surface area contributed by atoms with Crippen LogP contribution in [0.15, 0.2) is 24.3 Å². The lowest BCUT2D eigenvalue weighted by molar-refractivity contribution is 0.287. The van der Waals surface area contributed by atoms with E-state index in [0.717, 1.165) is 23.7 Å². The zero-order chi connectivity index (χ0) is 12.0. The van der Waals surface area contributed by atoms with Gasteiger partial charge < -0.3 is 4.43 Å². The van der Waals surface area contributed by atoms with Crippen LogP contribution in [0.4, 0.5) is 4.39 Å². The van der Waals surface area contributed by atoms with Crippen molar-refractivity contribution in [1.82, 2.24) is 0 Å². The minimum Gasteiger partial charge on any atom is -0.413 e. The van der Waals surface area contributed by atoms with Gasteiger partial charge >= 0.3 is 0 Å². The molecule has 16 heavy (non-hydrogen) atoms. The Morgan fingerprint density at radius 3 is 1.94 bits per heavy atom. The first kappa shape index (κ1) is 13.4. The molecule has 3 heteroatoms. The smallest absolute Gasteiger partial charge is 0.192 e. The van der Waals surface area contributed by atoms with E-state index in [1.807, 2.05) is 0 Å². The molecule has 1 aromatic rings. The molecule has 0 aromatic heterocycles. The second-order valence-corrected chi connectivity index (χ2v) is 8.93. The van der Waals surface area contributed by atoms with Gasteiger partial charge in [-0.15, -0.1) is 0 Å². The molecule has 0 aliphatic rings.